The van der Waals surface area contributed by atoms with Gasteiger partial charge in [-0.05, 0) is 19.8 Å². The summed E-state index contributed by atoms with van der Waals surface area (Å²) in [6.45, 7) is 7.26. The monoisotopic (exact) mass is 307 g/mol. The molecule has 0 saturated carbocycles. The van der Waals surface area contributed by atoms with Crippen LogP contribution in [0, 0.1) is 5.92 Å². The lowest BCUT2D eigenvalue weighted by molar-refractivity contribution is -0.133. The number of oxime groups is 1. The molecule has 0 aromatic carbocycles. The van der Waals surface area contributed by atoms with Crippen LogP contribution in [0.2, 0.25) is 0 Å². The number of hydrogen-bond acceptors (Lipinski definition) is 5. The Kier molecular flexibility index (Phi) is 6.46. The van der Waals surface area contributed by atoms with Crippen LogP contribution in [-0.2, 0) is 14.6 Å². The topological polar surface area (TPSA) is 113 Å². The number of amidine groups is 1. The van der Waals surface area contributed by atoms with Crippen molar-refractivity contribution in [2.24, 2.45) is 16.8 Å². The molecule has 0 heterocycles. The van der Waals surface area contributed by atoms with E-state index in [0.29, 0.717) is 6.54 Å². The van der Waals surface area contributed by atoms with Gasteiger partial charge in [0.05, 0.1) is 0 Å². The highest BCUT2D eigenvalue weighted by molar-refractivity contribution is 7.92. The lowest BCUT2D eigenvalue weighted by Gasteiger charge is -2.31. The second-order valence-corrected chi connectivity index (χ2v) is 8.33. The smallest absolute Gasteiger partial charge is 0.243 e. The van der Waals surface area contributed by atoms with E-state index in [-0.39, 0.29) is 24.7 Å². The van der Waals surface area contributed by atoms with Gasteiger partial charge >= 0.3 is 0 Å². The first kappa shape index (κ1) is 18.7. The van der Waals surface area contributed by atoms with Crippen molar-refractivity contribution in [3.05, 3.63) is 0 Å². The minimum Gasteiger partial charge on any atom is -0.409 e. The second-order valence-electron chi connectivity index (χ2n) is 5.77. The Hall–Kier alpha value is -1.31. The zero-order chi connectivity index (χ0) is 16.1. The van der Waals surface area contributed by atoms with E-state index < -0.39 is 20.5 Å². The summed E-state index contributed by atoms with van der Waals surface area (Å²) >= 11 is 0. The predicted molar refractivity (Wildman–Crippen MR) is 78.4 cm³/mol. The normalized spacial score (nSPS) is 13.6. The number of sulfone groups is 1. The summed E-state index contributed by atoms with van der Waals surface area (Å²) < 4.78 is 22.0. The molecule has 118 valence electrons. The third-order valence-electron chi connectivity index (χ3n) is 3.08. The number of hydrogen-bond donors (Lipinski definition) is 2. The highest BCUT2D eigenvalue weighted by Gasteiger charge is 2.41. The van der Waals surface area contributed by atoms with Crippen molar-refractivity contribution in [3.8, 4) is 0 Å². The van der Waals surface area contributed by atoms with Gasteiger partial charge in [0.1, 0.15) is 10.6 Å². The largest absolute Gasteiger partial charge is 0.409 e. The van der Waals surface area contributed by atoms with Crippen molar-refractivity contribution in [1.29, 1.82) is 0 Å². The van der Waals surface area contributed by atoms with Crippen LogP contribution in [0.3, 0.4) is 0 Å². The highest BCUT2D eigenvalue weighted by Crippen LogP contribution is 2.19. The molecule has 0 aromatic rings. The van der Waals surface area contributed by atoms with E-state index in [1.54, 1.807) is 0 Å². The van der Waals surface area contributed by atoms with Crippen LogP contribution in [0.5, 0.6) is 0 Å². The molecule has 0 aromatic heterocycles. The number of carbonyl (C=O) groups excluding carboxylic acids is 1. The Morgan fingerprint density at radius 2 is 1.90 bits per heavy atom. The predicted octanol–water partition coefficient (Wildman–Crippen LogP) is 0.431. The number of nitrogens with zero attached hydrogens (tertiary/aromatic N) is 2. The van der Waals surface area contributed by atoms with E-state index in [1.807, 2.05) is 13.8 Å². The molecule has 0 bridgehead atoms. The summed E-state index contributed by atoms with van der Waals surface area (Å²) in [5.74, 6) is -0.287. The minimum atomic E-state index is -3.53. The van der Waals surface area contributed by atoms with Crippen molar-refractivity contribution >= 4 is 21.6 Å². The Bertz CT molecular complexity index is 469. The molecular formula is C12H25N3O4S. The van der Waals surface area contributed by atoms with Crippen LogP contribution < -0.4 is 5.73 Å². The van der Waals surface area contributed by atoms with Gasteiger partial charge in [0.2, 0.25) is 5.91 Å². The molecule has 0 fully saturated rings. The van der Waals surface area contributed by atoms with Gasteiger partial charge in [0, 0.05) is 25.8 Å². The van der Waals surface area contributed by atoms with Gasteiger partial charge in [-0.1, -0.05) is 19.0 Å². The molecule has 0 aliphatic heterocycles. The standard InChI is InChI=1S/C12H25N3O4S/c1-9(2)8-15(7-6-10(13)14-17)11(16)12(3,4)20(5,18)19/h9,17H,6-8H2,1-5H3,(H2,13,14). The molecule has 0 saturated heterocycles. The molecule has 7 nitrogen and oxygen atoms in total. The molecule has 8 heteroatoms. The van der Waals surface area contributed by atoms with Gasteiger partial charge in [-0.2, -0.15) is 0 Å². The highest BCUT2D eigenvalue weighted by atomic mass is 32.2. The fourth-order valence-electron chi connectivity index (χ4n) is 1.56. The van der Waals surface area contributed by atoms with Crippen molar-refractivity contribution < 1.29 is 18.4 Å². The Morgan fingerprint density at radius 1 is 1.40 bits per heavy atom. The van der Waals surface area contributed by atoms with Crippen molar-refractivity contribution in [3.63, 3.8) is 0 Å². The van der Waals surface area contributed by atoms with Gasteiger partial charge in [-0.25, -0.2) is 8.42 Å². The van der Waals surface area contributed by atoms with Crippen molar-refractivity contribution in [1.82, 2.24) is 4.90 Å². The van der Waals surface area contributed by atoms with Crippen LogP contribution in [-0.4, -0.2) is 54.4 Å². The minimum absolute atomic E-state index is 0.00344. The van der Waals surface area contributed by atoms with Crippen LogP contribution in [0.1, 0.15) is 34.1 Å². The summed E-state index contributed by atoms with van der Waals surface area (Å²) in [5.41, 5.74) is 5.39. The van der Waals surface area contributed by atoms with Crippen LogP contribution in [0.4, 0.5) is 0 Å². The number of amides is 1. The van der Waals surface area contributed by atoms with E-state index in [4.69, 9.17) is 10.9 Å². The van der Waals surface area contributed by atoms with Crippen LogP contribution in [0.15, 0.2) is 5.16 Å². The molecule has 3 N–H and O–H groups in total. The molecule has 0 aliphatic rings. The molecule has 20 heavy (non-hydrogen) atoms. The number of rotatable bonds is 7. The zero-order valence-electron chi connectivity index (χ0n) is 12.8. The summed E-state index contributed by atoms with van der Waals surface area (Å²) in [7, 11) is -3.53. The molecule has 0 rings (SSSR count). The van der Waals surface area contributed by atoms with E-state index >= 15 is 0 Å². The maximum Gasteiger partial charge on any atom is 0.243 e. The van der Waals surface area contributed by atoms with Gasteiger partial charge in [-0.15, -0.1) is 0 Å². The summed E-state index contributed by atoms with van der Waals surface area (Å²) in [4.78, 5) is 13.9. The molecule has 0 spiro atoms. The Morgan fingerprint density at radius 3 is 2.25 bits per heavy atom. The second kappa shape index (κ2) is 6.92. The average molecular weight is 307 g/mol. The van der Waals surface area contributed by atoms with Crippen LogP contribution in [0.25, 0.3) is 0 Å². The lowest BCUT2D eigenvalue weighted by atomic mass is 10.1. The summed E-state index contributed by atoms with van der Waals surface area (Å²) in [6.07, 6.45) is 1.23. The number of carbonyl (C=O) groups is 1. The van der Waals surface area contributed by atoms with E-state index in [0.717, 1.165) is 6.26 Å². The quantitative estimate of drug-likeness (QED) is 0.306. The molecular weight excluding hydrogens is 282 g/mol. The average Bonchev–Trinajstić information content (AvgIpc) is 2.31. The van der Waals surface area contributed by atoms with Crippen LogP contribution >= 0.6 is 0 Å². The molecule has 0 atom stereocenters. The van der Waals surface area contributed by atoms with E-state index in [9.17, 15) is 13.2 Å². The van der Waals surface area contributed by atoms with Crippen molar-refractivity contribution in [2.45, 2.75) is 38.9 Å². The third kappa shape index (κ3) is 4.99. The fourth-order valence-corrected chi connectivity index (χ4v) is 2.00. The summed E-state index contributed by atoms with van der Waals surface area (Å²) in [5, 5.41) is 11.4. The van der Waals surface area contributed by atoms with Gasteiger partial charge < -0.3 is 15.8 Å². The Balaban J connectivity index is 5.18. The first-order valence-corrected chi connectivity index (χ1v) is 8.28. The maximum atomic E-state index is 12.5. The Labute approximate surface area is 120 Å². The molecule has 0 unspecified atom stereocenters. The van der Waals surface area contributed by atoms with Gasteiger partial charge in [0.25, 0.3) is 0 Å². The lowest BCUT2D eigenvalue weighted by Crippen LogP contribution is -2.51. The summed E-state index contributed by atoms with van der Waals surface area (Å²) in [6, 6.07) is 0. The van der Waals surface area contributed by atoms with E-state index in [1.165, 1.54) is 18.7 Å². The maximum absolute atomic E-state index is 12.5. The third-order valence-corrected chi connectivity index (χ3v) is 5.11. The molecule has 0 aliphatic carbocycles. The fraction of sp³-hybridized carbons (Fsp3) is 0.833. The molecule has 0 radical (unpaired) electrons. The van der Waals surface area contributed by atoms with Gasteiger partial charge in [-0.3, -0.25) is 4.79 Å². The van der Waals surface area contributed by atoms with Crippen molar-refractivity contribution in [2.75, 3.05) is 19.3 Å². The molecule has 1 amide bonds. The zero-order valence-corrected chi connectivity index (χ0v) is 13.6. The van der Waals surface area contributed by atoms with E-state index in [2.05, 4.69) is 5.16 Å². The number of nitrogens with two attached hydrogens (primary N) is 1. The SMILES string of the molecule is CC(C)CN(CCC(N)=NO)C(=O)C(C)(C)S(C)(=O)=O. The van der Waals surface area contributed by atoms with Gasteiger partial charge in [0.15, 0.2) is 9.84 Å². The first-order chi connectivity index (χ1) is 8.93. The first-order valence-electron chi connectivity index (χ1n) is 6.38.